The molecule has 0 aliphatic carbocycles. The molecule has 1 amide bonds. The number of esters is 4. The van der Waals surface area contributed by atoms with Gasteiger partial charge in [-0.25, -0.2) is 0 Å². The number of rotatable bonds is 7. The van der Waals surface area contributed by atoms with Crippen molar-refractivity contribution in [2.45, 2.75) is 57.5 Å². The molecule has 2 aliphatic rings. The molecule has 1 aromatic carbocycles. The number of nitrogens with zero attached hydrogens (tertiary/aromatic N) is 1. The summed E-state index contributed by atoms with van der Waals surface area (Å²) in [5.41, 5.74) is -0.247. The van der Waals surface area contributed by atoms with Crippen LogP contribution in [-0.4, -0.2) is 70.6 Å². The second-order valence-electron chi connectivity index (χ2n) is 7.89. The third-order valence-corrected chi connectivity index (χ3v) is 7.08. The predicted molar refractivity (Wildman–Crippen MR) is 134 cm³/mol. The van der Waals surface area contributed by atoms with Gasteiger partial charge in [-0.2, -0.15) is 4.99 Å². The molecule has 0 spiro atoms. The molecule has 198 valence electrons. The highest BCUT2D eigenvalue weighted by Crippen LogP contribution is 2.41. The second kappa shape index (κ2) is 12.9. The molecule has 3 rings (SSSR count). The average Bonchev–Trinajstić information content (AvgIpc) is 3.14. The van der Waals surface area contributed by atoms with Gasteiger partial charge in [0.25, 0.3) is 5.91 Å². The fourth-order valence-electron chi connectivity index (χ4n) is 3.52. The lowest BCUT2D eigenvalue weighted by Gasteiger charge is -2.44. The van der Waals surface area contributed by atoms with Gasteiger partial charge in [0.1, 0.15) is 17.1 Å². The SMILES string of the molecule is CC(=O)OC[C@H]1O[C@@H](SC2=NC(=O)/C(=C/c3ccccc3)S2)[C@@H](OC(C)=O)[C@@H](OC(C)=O)[C@H]1OC(C)=O. The highest BCUT2D eigenvalue weighted by Gasteiger charge is 2.53. The summed E-state index contributed by atoms with van der Waals surface area (Å²) in [4.78, 5) is 64.1. The highest BCUT2D eigenvalue weighted by atomic mass is 32.2. The van der Waals surface area contributed by atoms with E-state index in [1.165, 1.54) is 6.92 Å². The summed E-state index contributed by atoms with van der Waals surface area (Å²) in [7, 11) is 0. The number of hydrogen-bond donors (Lipinski definition) is 0. The van der Waals surface area contributed by atoms with Crippen molar-refractivity contribution < 1.29 is 47.7 Å². The minimum Gasteiger partial charge on any atom is -0.463 e. The lowest BCUT2D eigenvalue weighted by atomic mass is 9.99. The number of amides is 1. The van der Waals surface area contributed by atoms with Crippen molar-refractivity contribution in [1.29, 1.82) is 0 Å². The van der Waals surface area contributed by atoms with E-state index in [-0.39, 0.29) is 6.61 Å². The molecule has 1 aromatic rings. The molecule has 0 N–H and O–H groups in total. The Morgan fingerprint density at radius 2 is 1.51 bits per heavy atom. The number of hydrogen-bond acceptors (Lipinski definition) is 12. The van der Waals surface area contributed by atoms with Crippen LogP contribution in [0.1, 0.15) is 33.3 Å². The van der Waals surface area contributed by atoms with E-state index in [0.29, 0.717) is 9.28 Å². The summed E-state index contributed by atoms with van der Waals surface area (Å²) < 4.78 is 27.6. The molecule has 0 saturated carbocycles. The average molecular weight is 552 g/mol. The van der Waals surface area contributed by atoms with Crippen LogP contribution in [-0.2, 0) is 47.7 Å². The molecular formula is C24H25NO10S2. The summed E-state index contributed by atoms with van der Waals surface area (Å²) in [5, 5.41) is 0. The minimum absolute atomic E-state index is 0.299. The Hall–Kier alpha value is -3.16. The molecule has 13 heteroatoms. The van der Waals surface area contributed by atoms with Crippen LogP contribution < -0.4 is 0 Å². The molecule has 0 aromatic heterocycles. The van der Waals surface area contributed by atoms with Crippen molar-refractivity contribution in [1.82, 2.24) is 0 Å². The van der Waals surface area contributed by atoms with Gasteiger partial charge in [0, 0.05) is 27.7 Å². The van der Waals surface area contributed by atoms with Gasteiger partial charge in [-0.3, -0.25) is 24.0 Å². The number of carbonyl (C=O) groups excluding carboxylic acids is 5. The standard InChI is InChI=1S/C24H25NO10S2/c1-12(26)31-11-17-19(32-13(2)27)20(33-14(3)28)21(34-15(4)29)23(35-17)37-24-25-22(30)18(36-24)10-16-8-6-5-7-9-16/h5-10,17,19-21,23H,11H2,1-4H3/b18-10-/t17-,19+,20+,21+,23+/m1/s1. The smallest absolute Gasteiger partial charge is 0.303 e. The number of ether oxygens (including phenoxy) is 5. The number of aliphatic imine (C=N–C) groups is 1. The summed E-state index contributed by atoms with van der Waals surface area (Å²) >= 11 is 2.07. The van der Waals surface area contributed by atoms with Crippen LogP contribution in [0, 0.1) is 0 Å². The molecule has 0 unspecified atom stereocenters. The predicted octanol–water partition coefficient (Wildman–Crippen LogP) is 2.47. The van der Waals surface area contributed by atoms with Crippen LogP contribution in [0.5, 0.6) is 0 Å². The third-order valence-electron chi connectivity index (χ3n) is 4.86. The van der Waals surface area contributed by atoms with E-state index in [0.717, 1.165) is 49.9 Å². The zero-order valence-electron chi connectivity index (χ0n) is 20.4. The van der Waals surface area contributed by atoms with Crippen LogP contribution in [0.15, 0.2) is 40.2 Å². The molecule has 0 bridgehead atoms. The Kier molecular flexibility index (Phi) is 9.89. The van der Waals surface area contributed by atoms with E-state index in [4.69, 9.17) is 23.7 Å². The molecule has 2 aliphatic heterocycles. The maximum atomic E-state index is 12.5. The normalized spacial score (nSPS) is 26.3. The monoisotopic (exact) mass is 551 g/mol. The van der Waals surface area contributed by atoms with Crippen molar-refractivity contribution in [3.05, 3.63) is 40.8 Å². The third kappa shape index (κ3) is 8.17. The van der Waals surface area contributed by atoms with Crippen molar-refractivity contribution in [3.63, 3.8) is 0 Å². The van der Waals surface area contributed by atoms with Crippen molar-refractivity contribution in [3.8, 4) is 0 Å². The number of thioether (sulfide) groups is 2. The first-order valence-corrected chi connectivity index (χ1v) is 12.8. The van der Waals surface area contributed by atoms with E-state index in [1.54, 1.807) is 6.08 Å². The maximum absolute atomic E-state index is 12.5. The Labute approximate surface area is 221 Å². The van der Waals surface area contributed by atoms with E-state index >= 15 is 0 Å². The summed E-state index contributed by atoms with van der Waals surface area (Å²) in [5.74, 6) is -3.23. The molecule has 1 fully saturated rings. The first-order valence-electron chi connectivity index (χ1n) is 11.1. The topological polar surface area (TPSA) is 144 Å². The summed E-state index contributed by atoms with van der Waals surface area (Å²) in [6.45, 7) is 4.30. The van der Waals surface area contributed by atoms with E-state index in [2.05, 4.69) is 4.99 Å². The largest absolute Gasteiger partial charge is 0.463 e. The lowest BCUT2D eigenvalue weighted by molar-refractivity contribution is -0.237. The van der Waals surface area contributed by atoms with Gasteiger partial charge in [-0.05, 0) is 11.6 Å². The van der Waals surface area contributed by atoms with E-state index < -0.39 is 59.6 Å². The van der Waals surface area contributed by atoms with Gasteiger partial charge in [-0.15, -0.1) is 0 Å². The second-order valence-corrected chi connectivity index (χ2v) is 10.3. The lowest BCUT2D eigenvalue weighted by Crippen LogP contribution is -2.61. The summed E-state index contributed by atoms with van der Waals surface area (Å²) in [6, 6.07) is 9.21. The van der Waals surface area contributed by atoms with Crippen LogP contribution in [0.4, 0.5) is 0 Å². The van der Waals surface area contributed by atoms with Crippen molar-refractivity contribution in [2.24, 2.45) is 4.99 Å². The highest BCUT2D eigenvalue weighted by molar-refractivity contribution is 8.41. The van der Waals surface area contributed by atoms with Gasteiger partial charge >= 0.3 is 23.9 Å². The first-order chi connectivity index (χ1) is 17.5. The Morgan fingerprint density at radius 3 is 2.11 bits per heavy atom. The quantitative estimate of drug-likeness (QED) is 0.279. The van der Waals surface area contributed by atoms with Gasteiger partial charge in [0.15, 0.2) is 23.7 Å². The van der Waals surface area contributed by atoms with Gasteiger partial charge in [0.05, 0.1) is 4.91 Å². The Balaban J connectivity index is 1.90. The summed E-state index contributed by atoms with van der Waals surface area (Å²) in [6.07, 6.45) is -3.18. The fourth-order valence-corrected chi connectivity index (χ4v) is 5.79. The molecule has 0 radical (unpaired) electrons. The number of benzene rings is 1. The van der Waals surface area contributed by atoms with Crippen LogP contribution in [0.25, 0.3) is 6.08 Å². The maximum Gasteiger partial charge on any atom is 0.303 e. The van der Waals surface area contributed by atoms with Gasteiger partial charge < -0.3 is 23.7 Å². The molecule has 37 heavy (non-hydrogen) atoms. The van der Waals surface area contributed by atoms with E-state index in [1.807, 2.05) is 30.3 Å². The Morgan fingerprint density at radius 1 is 0.919 bits per heavy atom. The minimum atomic E-state index is -1.29. The zero-order valence-corrected chi connectivity index (χ0v) is 22.0. The zero-order chi connectivity index (χ0) is 27.1. The number of carbonyl (C=O) groups is 5. The molecule has 5 atom stereocenters. The molecule has 11 nitrogen and oxygen atoms in total. The van der Waals surface area contributed by atoms with E-state index in [9.17, 15) is 24.0 Å². The van der Waals surface area contributed by atoms with Crippen molar-refractivity contribution >= 4 is 63.8 Å². The van der Waals surface area contributed by atoms with Crippen LogP contribution in [0.2, 0.25) is 0 Å². The van der Waals surface area contributed by atoms with Crippen LogP contribution in [0.3, 0.4) is 0 Å². The van der Waals surface area contributed by atoms with Crippen LogP contribution >= 0.6 is 23.5 Å². The molecule has 2 heterocycles. The molecule has 1 saturated heterocycles. The fraction of sp³-hybridized carbons (Fsp3) is 0.417. The van der Waals surface area contributed by atoms with Gasteiger partial charge in [0.2, 0.25) is 0 Å². The van der Waals surface area contributed by atoms with Gasteiger partial charge in [-0.1, -0.05) is 53.9 Å². The first kappa shape index (κ1) is 28.4. The van der Waals surface area contributed by atoms with Crippen molar-refractivity contribution in [2.75, 3.05) is 6.61 Å². The molecular weight excluding hydrogens is 526 g/mol. The Bertz CT molecular complexity index is 1120.